The number of ether oxygens (including phenoxy) is 1. The van der Waals surface area contributed by atoms with Crippen LogP contribution < -0.4 is 10.1 Å². The first-order valence-corrected chi connectivity index (χ1v) is 11.7. The third-order valence-electron chi connectivity index (χ3n) is 5.66. The molecule has 1 aliphatic heterocycles. The molecule has 1 saturated heterocycles. The third kappa shape index (κ3) is 5.59. The van der Waals surface area contributed by atoms with Crippen molar-refractivity contribution in [2.24, 2.45) is 5.92 Å². The zero-order valence-electron chi connectivity index (χ0n) is 17.8. The fourth-order valence-electron chi connectivity index (χ4n) is 4.02. The molecule has 3 amide bonds. The van der Waals surface area contributed by atoms with Gasteiger partial charge in [-0.2, -0.15) is 0 Å². The topological polar surface area (TPSA) is 75.7 Å². The fraction of sp³-hybridized carbons (Fsp3) is 0.320. The van der Waals surface area contributed by atoms with Crippen molar-refractivity contribution < 1.29 is 19.1 Å². The number of carbonyl (C=O) groups is 3. The number of nitrogens with zero attached hydrogens (tertiary/aromatic N) is 1. The lowest BCUT2D eigenvalue weighted by atomic mass is 9.89. The molecule has 1 N–H and O–H groups in total. The van der Waals surface area contributed by atoms with E-state index in [0.717, 1.165) is 24.6 Å². The zero-order valence-corrected chi connectivity index (χ0v) is 18.6. The Morgan fingerprint density at radius 2 is 1.75 bits per heavy atom. The smallest absolute Gasteiger partial charge is 0.293 e. The predicted molar refractivity (Wildman–Crippen MR) is 126 cm³/mol. The number of imide groups is 1. The summed E-state index contributed by atoms with van der Waals surface area (Å²) in [5.74, 6) is 0.353. The van der Waals surface area contributed by atoms with Crippen LogP contribution >= 0.6 is 11.8 Å². The number of rotatable bonds is 7. The van der Waals surface area contributed by atoms with Gasteiger partial charge in [-0.05, 0) is 54.8 Å². The van der Waals surface area contributed by atoms with Crippen molar-refractivity contribution in [3.63, 3.8) is 0 Å². The number of hydrogen-bond acceptors (Lipinski definition) is 5. The minimum Gasteiger partial charge on any atom is -0.483 e. The molecule has 0 bridgehead atoms. The number of amides is 3. The van der Waals surface area contributed by atoms with Crippen LogP contribution in [-0.2, 0) is 9.59 Å². The van der Waals surface area contributed by atoms with Gasteiger partial charge in [0.1, 0.15) is 5.75 Å². The summed E-state index contributed by atoms with van der Waals surface area (Å²) in [5, 5.41) is 2.56. The van der Waals surface area contributed by atoms with Crippen LogP contribution in [0, 0.1) is 5.92 Å². The molecule has 1 saturated carbocycles. The summed E-state index contributed by atoms with van der Waals surface area (Å²) in [6, 6.07) is 16.3. The van der Waals surface area contributed by atoms with Gasteiger partial charge in [0.2, 0.25) is 0 Å². The second-order valence-corrected chi connectivity index (χ2v) is 9.03. The Kier molecular flexibility index (Phi) is 7.27. The molecular weight excluding hydrogens is 424 g/mol. The molecular formula is C25H26N2O4S. The van der Waals surface area contributed by atoms with Crippen LogP contribution in [0.1, 0.15) is 37.7 Å². The number of carbonyl (C=O) groups excluding carboxylic acids is 3. The second-order valence-electron chi connectivity index (χ2n) is 8.04. The van der Waals surface area contributed by atoms with E-state index in [1.54, 1.807) is 36.4 Å². The number of anilines is 1. The fourth-order valence-corrected chi connectivity index (χ4v) is 4.86. The van der Waals surface area contributed by atoms with Gasteiger partial charge in [0.25, 0.3) is 17.1 Å². The van der Waals surface area contributed by atoms with Crippen LogP contribution in [0.3, 0.4) is 0 Å². The van der Waals surface area contributed by atoms with Crippen LogP contribution in [0.5, 0.6) is 5.75 Å². The van der Waals surface area contributed by atoms with Gasteiger partial charge >= 0.3 is 0 Å². The first-order chi connectivity index (χ1) is 15.6. The Balaban J connectivity index is 1.41. The SMILES string of the molecule is O=C(COc1ccccc1/C=C1/SC(=O)N(CC2CCCCC2)C1=O)Nc1ccccc1. The van der Waals surface area contributed by atoms with E-state index in [0.29, 0.717) is 34.4 Å². The average Bonchev–Trinajstić information content (AvgIpc) is 3.07. The lowest BCUT2D eigenvalue weighted by molar-refractivity contribution is -0.123. The molecule has 0 unspecified atom stereocenters. The molecule has 0 aromatic heterocycles. The molecule has 4 rings (SSSR count). The third-order valence-corrected chi connectivity index (χ3v) is 6.57. The monoisotopic (exact) mass is 450 g/mol. The molecule has 2 aliphatic rings. The van der Waals surface area contributed by atoms with Gasteiger partial charge < -0.3 is 10.1 Å². The van der Waals surface area contributed by atoms with E-state index in [4.69, 9.17) is 4.74 Å². The van der Waals surface area contributed by atoms with E-state index in [1.807, 2.05) is 24.3 Å². The van der Waals surface area contributed by atoms with Crippen molar-refractivity contribution in [1.82, 2.24) is 4.90 Å². The van der Waals surface area contributed by atoms with Crippen LogP contribution in [0.25, 0.3) is 6.08 Å². The maximum Gasteiger partial charge on any atom is 0.293 e. The van der Waals surface area contributed by atoms with Crippen LogP contribution in [-0.4, -0.2) is 35.1 Å². The van der Waals surface area contributed by atoms with Crippen LogP contribution in [0.2, 0.25) is 0 Å². The van der Waals surface area contributed by atoms with Gasteiger partial charge in [-0.3, -0.25) is 19.3 Å². The number of hydrogen-bond donors (Lipinski definition) is 1. The van der Waals surface area contributed by atoms with Crippen LogP contribution in [0.15, 0.2) is 59.5 Å². The molecule has 1 aliphatic carbocycles. The molecule has 6 nitrogen and oxygen atoms in total. The van der Waals surface area contributed by atoms with Gasteiger partial charge in [-0.25, -0.2) is 0 Å². The van der Waals surface area contributed by atoms with E-state index in [9.17, 15) is 14.4 Å². The molecule has 0 atom stereocenters. The maximum atomic E-state index is 12.9. The highest BCUT2D eigenvalue weighted by Crippen LogP contribution is 2.36. The molecule has 32 heavy (non-hydrogen) atoms. The predicted octanol–water partition coefficient (Wildman–Crippen LogP) is 5.32. The van der Waals surface area contributed by atoms with E-state index in [2.05, 4.69) is 5.32 Å². The molecule has 1 heterocycles. The van der Waals surface area contributed by atoms with Crippen molar-refractivity contribution in [2.75, 3.05) is 18.5 Å². The first kappa shape index (κ1) is 22.1. The Labute approximate surface area is 192 Å². The summed E-state index contributed by atoms with van der Waals surface area (Å²) >= 11 is 0.964. The van der Waals surface area contributed by atoms with E-state index >= 15 is 0 Å². The van der Waals surface area contributed by atoms with Crippen LogP contribution in [0.4, 0.5) is 10.5 Å². The Morgan fingerprint density at radius 3 is 2.53 bits per heavy atom. The second kappa shape index (κ2) is 10.5. The lowest BCUT2D eigenvalue weighted by Crippen LogP contribution is -2.34. The van der Waals surface area contributed by atoms with Crippen molar-refractivity contribution in [1.29, 1.82) is 0 Å². The summed E-state index contributed by atoms with van der Waals surface area (Å²) in [6.45, 7) is 0.336. The highest BCUT2D eigenvalue weighted by Gasteiger charge is 2.36. The first-order valence-electron chi connectivity index (χ1n) is 10.9. The van der Waals surface area contributed by atoms with Crippen molar-refractivity contribution in [2.45, 2.75) is 32.1 Å². The Bertz CT molecular complexity index is 1020. The van der Waals surface area contributed by atoms with Gasteiger partial charge in [-0.1, -0.05) is 55.7 Å². The van der Waals surface area contributed by atoms with Crippen molar-refractivity contribution in [3.8, 4) is 5.75 Å². The standard InChI is InChI=1S/C25H26N2O4S/c28-23(26-20-12-5-2-6-13-20)17-31-21-14-8-7-11-19(21)15-22-24(29)27(25(30)32-22)16-18-9-3-1-4-10-18/h2,5-8,11-15,18H,1,3-4,9-10,16-17H2,(H,26,28)/b22-15+. The number of nitrogens with one attached hydrogen (secondary N) is 1. The lowest BCUT2D eigenvalue weighted by Gasteiger charge is -2.25. The Hall–Kier alpha value is -3.06. The number of benzene rings is 2. The minimum atomic E-state index is -0.279. The summed E-state index contributed by atoms with van der Waals surface area (Å²) in [6.07, 6.45) is 7.39. The minimum absolute atomic E-state index is 0.164. The highest BCUT2D eigenvalue weighted by molar-refractivity contribution is 8.18. The van der Waals surface area contributed by atoms with Gasteiger partial charge in [0, 0.05) is 17.8 Å². The van der Waals surface area contributed by atoms with Gasteiger partial charge in [0.15, 0.2) is 6.61 Å². The van der Waals surface area contributed by atoms with E-state index in [-0.39, 0.29) is 23.7 Å². The zero-order chi connectivity index (χ0) is 22.3. The number of para-hydroxylation sites is 2. The molecule has 2 fully saturated rings. The molecule has 2 aromatic carbocycles. The average molecular weight is 451 g/mol. The molecule has 166 valence electrons. The summed E-state index contributed by atoms with van der Waals surface area (Å²) in [5.41, 5.74) is 1.35. The van der Waals surface area contributed by atoms with Gasteiger partial charge in [-0.15, -0.1) is 0 Å². The molecule has 0 radical (unpaired) electrons. The van der Waals surface area contributed by atoms with E-state index < -0.39 is 0 Å². The Morgan fingerprint density at radius 1 is 1.03 bits per heavy atom. The van der Waals surface area contributed by atoms with Crippen molar-refractivity contribution >= 4 is 40.6 Å². The normalized spacial score (nSPS) is 18.2. The summed E-state index contributed by atoms with van der Waals surface area (Å²) < 4.78 is 5.72. The molecule has 0 spiro atoms. The highest BCUT2D eigenvalue weighted by atomic mass is 32.2. The van der Waals surface area contributed by atoms with Gasteiger partial charge in [0.05, 0.1) is 4.91 Å². The molecule has 2 aromatic rings. The molecule has 7 heteroatoms. The number of thioether (sulfide) groups is 1. The van der Waals surface area contributed by atoms with Crippen molar-refractivity contribution in [3.05, 3.63) is 65.1 Å². The summed E-state index contributed by atoms with van der Waals surface area (Å²) in [4.78, 5) is 39.3. The quantitative estimate of drug-likeness (QED) is 0.578. The summed E-state index contributed by atoms with van der Waals surface area (Å²) in [7, 11) is 0. The largest absolute Gasteiger partial charge is 0.483 e. The maximum absolute atomic E-state index is 12.9. The van der Waals surface area contributed by atoms with E-state index in [1.165, 1.54) is 24.2 Å².